The molecule has 3 rings (SSSR count). The van der Waals surface area contributed by atoms with Gasteiger partial charge in [0.05, 0.1) is 18.7 Å². The molecule has 2 atom stereocenters. The Morgan fingerprint density at radius 2 is 2.23 bits per heavy atom. The number of nitrogens with zero attached hydrogens (tertiary/aromatic N) is 1. The van der Waals surface area contributed by atoms with Crippen LogP contribution in [-0.4, -0.2) is 29.2 Å². The highest BCUT2D eigenvalue weighted by Gasteiger charge is 2.30. The molecule has 22 heavy (non-hydrogen) atoms. The van der Waals surface area contributed by atoms with Gasteiger partial charge < -0.3 is 15.3 Å². The van der Waals surface area contributed by atoms with Gasteiger partial charge in [0, 0.05) is 11.4 Å². The van der Waals surface area contributed by atoms with E-state index in [0.29, 0.717) is 6.54 Å². The lowest BCUT2D eigenvalue weighted by Crippen LogP contribution is -2.47. The number of hydrogen-bond donors (Lipinski definition) is 2. The Morgan fingerprint density at radius 3 is 2.95 bits per heavy atom. The van der Waals surface area contributed by atoms with Gasteiger partial charge in [0.2, 0.25) is 0 Å². The summed E-state index contributed by atoms with van der Waals surface area (Å²) in [5.74, 6) is 0. The lowest BCUT2D eigenvalue weighted by molar-refractivity contribution is 0.125. The van der Waals surface area contributed by atoms with Crippen molar-refractivity contribution in [1.82, 2.24) is 10.2 Å². The normalized spacial score (nSPS) is 18.6. The maximum atomic E-state index is 12.6. The highest BCUT2D eigenvalue weighted by Crippen LogP contribution is 2.29. The van der Waals surface area contributed by atoms with E-state index in [-0.39, 0.29) is 24.7 Å². The molecule has 2 unspecified atom stereocenters. The van der Waals surface area contributed by atoms with Gasteiger partial charge in [-0.25, -0.2) is 4.79 Å². The van der Waals surface area contributed by atoms with Crippen molar-refractivity contribution in [3.63, 3.8) is 0 Å². The number of carbonyl (C=O) groups is 1. The number of aliphatic hydroxyl groups excluding tert-OH is 1. The Balaban J connectivity index is 1.75. The zero-order chi connectivity index (χ0) is 15.5. The molecule has 0 bridgehead atoms. The maximum Gasteiger partial charge on any atom is 0.318 e. The number of nitrogens with one attached hydrogen (secondary N) is 1. The van der Waals surface area contributed by atoms with Crippen LogP contribution in [0.2, 0.25) is 0 Å². The summed E-state index contributed by atoms with van der Waals surface area (Å²) >= 11 is 1.63. The molecule has 1 aliphatic rings. The van der Waals surface area contributed by atoms with Crippen molar-refractivity contribution >= 4 is 17.4 Å². The SMILES string of the molecule is CC(NC(=O)N1CCc2ccccc2C1CO)c1cccs1. The summed E-state index contributed by atoms with van der Waals surface area (Å²) in [5, 5.41) is 14.8. The van der Waals surface area contributed by atoms with Crippen LogP contribution in [0.5, 0.6) is 0 Å². The van der Waals surface area contributed by atoms with Crippen LogP contribution in [0.3, 0.4) is 0 Å². The van der Waals surface area contributed by atoms with Gasteiger partial charge in [-0.15, -0.1) is 11.3 Å². The number of carbonyl (C=O) groups excluding carboxylic acids is 1. The Hall–Kier alpha value is -1.85. The van der Waals surface area contributed by atoms with E-state index in [2.05, 4.69) is 11.4 Å². The fourth-order valence-corrected chi connectivity index (χ4v) is 3.70. The van der Waals surface area contributed by atoms with Crippen LogP contribution in [-0.2, 0) is 6.42 Å². The summed E-state index contributed by atoms with van der Waals surface area (Å²) in [4.78, 5) is 15.5. The predicted octanol–water partition coefficient (Wildman–Crippen LogP) is 3.11. The van der Waals surface area contributed by atoms with E-state index < -0.39 is 0 Å². The lowest BCUT2D eigenvalue weighted by atomic mass is 9.93. The zero-order valence-electron chi connectivity index (χ0n) is 12.5. The van der Waals surface area contributed by atoms with Gasteiger partial charge in [-0.3, -0.25) is 0 Å². The van der Waals surface area contributed by atoms with Crippen molar-refractivity contribution in [2.75, 3.05) is 13.2 Å². The van der Waals surface area contributed by atoms with Crippen LogP contribution < -0.4 is 5.32 Å². The molecule has 2 aromatic rings. The number of amides is 2. The first-order valence-electron chi connectivity index (χ1n) is 7.50. The fourth-order valence-electron chi connectivity index (χ4n) is 2.97. The molecule has 0 spiro atoms. The fraction of sp³-hybridized carbons (Fsp3) is 0.353. The smallest absolute Gasteiger partial charge is 0.318 e. The first-order valence-corrected chi connectivity index (χ1v) is 8.38. The van der Waals surface area contributed by atoms with E-state index in [1.807, 2.05) is 42.6 Å². The number of urea groups is 1. The molecule has 0 saturated heterocycles. The summed E-state index contributed by atoms with van der Waals surface area (Å²) in [7, 11) is 0. The zero-order valence-corrected chi connectivity index (χ0v) is 13.3. The van der Waals surface area contributed by atoms with Crippen LogP contribution in [0.1, 0.15) is 35.0 Å². The lowest BCUT2D eigenvalue weighted by Gasteiger charge is -2.36. The summed E-state index contributed by atoms with van der Waals surface area (Å²) in [5.41, 5.74) is 2.27. The minimum Gasteiger partial charge on any atom is -0.394 e. The molecular formula is C17H20N2O2S. The van der Waals surface area contributed by atoms with Crippen molar-refractivity contribution < 1.29 is 9.90 Å². The number of thiophene rings is 1. The summed E-state index contributed by atoms with van der Waals surface area (Å²) < 4.78 is 0. The van der Waals surface area contributed by atoms with Crippen molar-refractivity contribution in [2.24, 2.45) is 0 Å². The van der Waals surface area contributed by atoms with E-state index in [1.165, 1.54) is 5.56 Å². The molecule has 0 aliphatic carbocycles. The average molecular weight is 316 g/mol. The molecule has 0 saturated carbocycles. The second-order valence-corrected chi connectivity index (χ2v) is 6.51. The largest absolute Gasteiger partial charge is 0.394 e. The van der Waals surface area contributed by atoms with Crippen LogP contribution in [0.25, 0.3) is 0 Å². The molecule has 5 heteroatoms. The standard InChI is InChI=1S/C17H20N2O2S/c1-12(16-7-4-10-22-16)18-17(21)19-9-8-13-5-2-3-6-14(13)15(19)11-20/h2-7,10,12,15,20H,8-9,11H2,1H3,(H,18,21). The Morgan fingerprint density at radius 1 is 1.41 bits per heavy atom. The third-order valence-corrected chi connectivity index (χ3v) is 5.21. The topological polar surface area (TPSA) is 52.6 Å². The predicted molar refractivity (Wildman–Crippen MR) is 87.9 cm³/mol. The van der Waals surface area contributed by atoms with E-state index >= 15 is 0 Å². The van der Waals surface area contributed by atoms with Crippen molar-refractivity contribution in [1.29, 1.82) is 0 Å². The molecule has 1 aromatic heterocycles. The Labute approximate surface area is 134 Å². The molecule has 4 nitrogen and oxygen atoms in total. The summed E-state index contributed by atoms with van der Waals surface area (Å²) in [6.45, 7) is 2.55. The molecule has 0 radical (unpaired) electrons. The van der Waals surface area contributed by atoms with Crippen LogP contribution in [0.4, 0.5) is 4.79 Å². The first kappa shape index (κ1) is 15.1. The molecule has 116 valence electrons. The first-order chi connectivity index (χ1) is 10.7. The number of fused-ring (bicyclic) bond motifs is 1. The van der Waals surface area contributed by atoms with Crippen molar-refractivity contribution in [3.8, 4) is 0 Å². The highest BCUT2D eigenvalue weighted by atomic mass is 32.1. The summed E-state index contributed by atoms with van der Waals surface area (Å²) in [6.07, 6.45) is 0.827. The minimum absolute atomic E-state index is 0.0241. The molecule has 2 N–H and O–H groups in total. The Bertz CT molecular complexity index is 642. The number of benzene rings is 1. The van der Waals surface area contributed by atoms with Crippen LogP contribution >= 0.6 is 11.3 Å². The number of aliphatic hydroxyl groups is 1. The van der Waals surface area contributed by atoms with Gasteiger partial charge in [-0.1, -0.05) is 30.3 Å². The third-order valence-electron chi connectivity index (χ3n) is 4.16. The maximum absolute atomic E-state index is 12.6. The minimum atomic E-state index is -0.263. The van der Waals surface area contributed by atoms with Gasteiger partial charge in [0.1, 0.15) is 0 Å². The van der Waals surface area contributed by atoms with Gasteiger partial charge in [-0.2, -0.15) is 0 Å². The molecule has 2 heterocycles. The quantitative estimate of drug-likeness (QED) is 0.914. The molecule has 1 aromatic carbocycles. The Kier molecular flexibility index (Phi) is 4.45. The monoisotopic (exact) mass is 316 g/mol. The van der Waals surface area contributed by atoms with E-state index in [4.69, 9.17) is 0 Å². The summed E-state index contributed by atoms with van der Waals surface area (Å²) in [6, 6.07) is 11.6. The van der Waals surface area contributed by atoms with E-state index in [1.54, 1.807) is 16.2 Å². The average Bonchev–Trinajstić information content (AvgIpc) is 3.08. The number of rotatable bonds is 3. The van der Waals surface area contributed by atoms with E-state index in [0.717, 1.165) is 16.9 Å². The second kappa shape index (κ2) is 6.50. The molecular weight excluding hydrogens is 296 g/mol. The number of hydrogen-bond acceptors (Lipinski definition) is 3. The van der Waals surface area contributed by atoms with Gasteiger partial charge in [-0.05, 0) is 35.9 Å². The van der Waals surface area contributed by atoms with Crippen LogP contribution in [0.15, 0.2) is 41.8 Å². The second-order valence-electron chi connectivity index (χ2n) is 5.53. The third kappa shape index (κ3) is 2.87. The van der Waals surface area contributed by atoms with Gasteiger partial charge in [0.25, 0.3) is 0 Å². The van der Waals surface area contributed by atoms with Gasteiger partial charge in [0.15, 0.2) is 0 Å². The molecule has 1 aliphatic heterocycles. The van der Waals surface area contributed by atoms with E-state index in [9.17, 15) is 9.90 Å². The highest BCUT2D eigenvalue weighted by molar-refractivity contribution is 7.10. The van der Waals surface area contributed by atoms with Gasteiger partial charge >= 0.3 is 6.03 Å². The molecule has 0 fully saturated rings. The van der Waals surface area contributed by atoms with Crippen molar-refractivity contribution in [3.05, 3.63) is 57.8 Å². The van der Waals surface area contributed by atoms with Crippen molar-refractivity contribution in [2.45, 2.75) is 25.4 Å². The molecule has 2 amide bonds. The van der Waals surface area contributed by atoms with Crippen LogP contribution in [0, 0.1) is 0 Å².